The maximum absolute atomic E-state index is 5.99. The maximum Gasteiger partial charge on any atom is 0.0957 e. The van der Waals surface area contributed by atoms with Crippen LogP contribution in [0, 0.1) is 6.92 Å². The van der Waals surface area contributed by atoms with E-state index in [1.807, 2.05) is 13.1 Å². The zero-order valence-corrected chi connectivity index (χ0v) is 10.3. The van der Waals surface area contributed by atoms with Crippen LogP contribution in [0.25, 0.3) is 0 Å². The fourth-order valence-corrected chi connectivity index (χ4v) is 2.25. The summed E-state index contributed by atoms with van der Waals surface area (Å²) in [4.78, 5) is 6.66. The Labute approximate surface area is 97.4 Å². The first kappa shape index (κ1) is 11.6. The van der Waals surface area contributed by atoms with Crippen molar-refractivity contribution in [3.05, 3.63) is 29.6 Å². The van der Waals surface area contributed by atoms with Gasteiger partial charge >= 0.3 is 0 Å². The largest absolute Gasteiger partial charge is 0.368 e. The SMILES string of the molecule is CCN1CC(C)OC(c2ccnc(C)c2)C1. The average Bonchev–Trinajstić information content (AvgIpc) is 2.28. The van der Waals surface area contributed by atoms with Gasteiger partial charge in [0.15, 0.2) is 0 Å². The van der Waals surface area contributed by atoms with Gasteiger partial charge in [-0.3, -0.25) is 9.88 Å². The van der Waals surface area contributed by atoms with E-state index in [-0.39, 0.29) is 6.10 Å². The van der Waals surface area contributed by atoms with Crippen LogP contribution in [-0.2, 0) is 4.74 Å². The van der Waals surface area contributed by atoms with Crippen LogP contribution in [0.5, 0.6) is 0 Å². The Morgan fingerprint density at radius 2 is 2.31 bits per heavy atom. The fourth-order valence-electron chi connectivity index (χ4n) is 2.25. The molecule has 0 radical (unpaired) electrons. The van der Waals surface area contributed by atoms with Crippen molar-refractivity contribution >= 4 is 0 Å². The van der Waals surface area contributed by atoms with Crippen molar-refractivity contribution in [3.63, 3.8) is 0 Å². The lowest BCUT2D eigenvalue weighted by Crippen LogP contribution is -2.42. The molecule has 1 aromatic rings. The van der Waals surface area contributed by atoms with Crippen LogP contribution in [0.1, 0.15) is 31.2 Å². The molecule has 0 saturated carbocycles. The number of rotatable bonds is 2. The summed E-state index contributed by atoms with van der Waals surface area (Å²) in [6, 6.07) is 4.18. The highest BCUT2D eigenvalue weighted by Gasteiger charge is 2.25. The van der Waals surface area contributed by atoms with Crippen LogP contribution in [0.3, 0.4) is 0 Å². The van der Waals surface area contributed by atoms with Gasteiger partial charge in [-0.2, -0.15) is 0 Å². The molecule has 2 heterocycles. The molecule has 2 rings (SSSR count). The molecular weight excluding hydrogens is 200 g/mol. The van der Waals surface area contributed by atoms with Gasteiger partial charge in [0, 0.05) is 25.0 Å². The Kier molecular flexibility index (Phi) is 3.56. The Morgan fingerprint density at radius 1 is 1.50 bits per heavy atom. The number of ether oxygens (including phenoxy) is 1. The van der Waals surface area contributed by atoms with E-state index in [1.165, 1.54) is 5.56 Å². The summed E-state index contributed by atoms with van der Waals surface area (Å²) in [6.07, 6.45) is 2.38. The minimum Gasteiger partial charge on any atom is -0.368 e. The second kappa shape index (κ2) is 4.93. The van der Waals surface area contributed by atoms with Gasteiger partial charge in [0.05, 0.1) is 12.2 Å². The third-order valence-corrected chi connectivity index (χ3v) is 3.08. The van der Waals surface area contributed by atoms with Crippen LogP contribution >= 0.6 is 0 Å². The predicted octanol–water partition coefficient (Wildman–Crippen LogP) is 2.17. The zero-order valence-electron chi connectivity index (χ0n) is 10.3. The van der Waals surface area contributed by atoms with Crippen molar-refractivity contribution in [2.24, 2.45) is 0 Å². The fraction of sp³-hybridized carbons (Fsp3) is 0.615. The van der Waals surface area contributed by atoms with Gasteiger partial charge in [0.2, 0.25) is 0 Å². The number of pyridine rings is 1. The number of aryl methyl sites for hydroxylation is 1. The Morgan fingerprint density at radius 3 is 3.00 bits per heavy atom. The number of likely N-dealkylation sites (N-methyl/N-ethyl adjacent to an activating group) is 1. The summed E-state index contributed by atoms with van der Waals surface area (Å²) in [5.74, 6) is 0. The second-order valence-corrected chi connectivity index (χ2v) is 4.52. The summed E-state index contributed by atoms with van der Waals surface area (Å²) < 4.78 is 5.99. The summed E-state index contributed by atoms with van der Waals surface area (Å²) in [5, 5.41) is 0. The quantitative estimate of drug-likeness (QED) is 0.764. The molecule has 0 amide bonds. The summed E-state index contributed by atoms with van der Waals surface area (Å²) in [7, 11) is 0. The van der Waals surface area contributed by atoms with Crippen molar-refractivity contribution in [1.29, 1.82) is 0 Å². The molecule has 0 aromatic carbocycles. The maximum atomic E-state index is 5.99. The minimum absolute atomic E-state index is 0.199. The van der Waals surface area contributed by atoms with Gasteiger partial charge in [-0.1, -0.05) is 6.92 Å². The van der Waals surface area contributed by atoms with E-state index in [4.69, 9.17) is 4.74 Å². The van der Waals surface area contributed by atoms with E-state index in [1.54, 1.807) is 0 Å². The highest BCUT2D eigenvalue weighted by atomic mass is 16.5. The lowest BCUT2D eigenvalue weighted by Gasteiger charge is -2.36. The number of hydrogen-bond acceptors (Lipinski definition) is 3. The Balaban J connectivity index is 2.14. The van der Waals surface area contributed by atoms with Crippen molar-refractivity contribution < 1.29 is 4.74 Å². The average molecular weight is 220 g/mol. The predicted molar refractivity (Wildman–Crippen MR) is 64.4 cm³/mol. The van der Waals surface area contributed by atoms with Gasteiger partial charge in [-0.15, -0.1) is 0 Å². The van der Waals surface area contributed by atoms with E-state index in [9.17, 15) is 0 Å². The van der Waals surface area contributed by atoms with Gasteiger partial charge in [0.1, 0.15) is 0 Å². The Bertz CT molecular complexity index is 354. The molecule has 16 heavy (non-hydrogen) atoms. The highest BCUT2D eigenvalue weighted by molar-refractivity contribution is 5.19. The molecule has 2 atom stereocenters. The number of nitrogens with zero attached hydrogens (tertiary/aromatic N) is 2. The molecule has 1 aliphatic heterocycles. The van der Waals surface area contributed by atoms with E-state index in [2.05, 4.69) is 35.9 Å². The minimum atomic E-state index is 0.199. The molecule has 3 heteroatoms. The monoisotopic (exact) mass is 220 g/mol. The van der Waals surface area contributed by atoms with E-state index in [0.29, 0.717) is 6.10 Å². The molecule has 1 saturated heterocycles. The van der Waals surface area contributed by atoms with Crippen LogP contribution in [-0.4, -0.2) is 35.6 Å². The van der Waals surface area contributed by atoms with Gasteiger partial charge in [-0.25, -0.2) is 0 Å². The van der Waals surface area contributed by atoms with Crippen molar-refractivity contribution in [2.45, 2.75) is 33.0 Å². The first-order valence-electron chi connectivity index (χ1n) is 5.99. The molecule has 0 N–H and O–H groups in total. The van der Waals surface area contributed by atoms with Crippen LogP contribution in [0.2, 0.25) is 0 Å². The van der Waals surface area contributed by atoms with Crippen LogP contribution in [0.4, 0.5) is 0 Å². The molecule has 3 nitrogen and oxygen atoms in total. The van der Waals surface area contributed by atoms with Crippen LogP contribution in [0.15, 0.2) is 18.3 Å². The molecule has 1 aromatic heterocycles. The third kappa shape index (κ3) is 2.60. The van der Waals surface area contributed by atoms with Crippen molar-refractivity contribution in [3.8, 4) is 0 Å². The van der Waals surface area contributed by atoms with Gasteiger partial charge < -0.3 is 4.74 Å². The van der Waals surface area contributed by atoms with Crippen molar-refractivity contribution in [2.75, 3.05) is 19.6 Å². The molecule has 2 unspecified atom stereocenters. The number of morpholine rings is 1. The normalized spacial score (nSPS) is 26.9. The summed E-state index contributed by atoms with van der Waals surface area (Å²) >= 11 is 0. The first-order chi connectivity index (χ1) is 7.69. The molecular formula is C13H20N2O. The van der Waals surface area contributed by atoms with Gasteiger partial charge in [0.25, 0.3) is 0 Å². The van der Waals surface area contributed by atoms with Gasteiger partial charge in [-0.05, 0) is 38.1 Å². The second-order valence-electron chi connectivity index (χ2n) is 4.52. The smallest absolute Gasteiger partial charge is 0.0957 e. The summed E-state index contributed by atoms with van der Waals surface area (Å²) in [6.45, 7) is 9.48. The van der Waals surface area contributed by atoms with E-state index < -0.39 is 0 Å². The molecule has 1 fully saturated rings. The third-order valence-electron chi connectivity index (χ3n) is 3.08. The lowest BCUT2D eigenvalue weighted by molar-refractivity contribution is -0.0775. The molecule has 1 aliphatic rings. The number of aromatic nitrogens is 1. The standard InChI is InChI=1S/C13H20N2O/c1-4-15-8-11(3)16-13(9-15)12-5-6-14-10(2)7-12/h5-7,11,13H,4,8-9H2,1-3H3. The molecule has 88 valence electrons. The Hall–Kier alpha value is -0.930. The molecule has 0 bridgehead atoms. The lowest BCUT2D eigenvalue weighted by atomic mass is 10.1. The zero-order chi connectivity index (χ0) is 11.5. The van der Waals surface area contributed by atoms with Crippen LogP contribution < -0.4 is 0 Å². The number of hydrogen-bond donors (Lipinski definition) is 0. The van der Waals surface area contributed by atoms with E-state index in [0.717, 1.165) is 25.3 Å². The van der Waals surface area contributed by atoms with E-state index >= 15 is 0 Å². The molecule has 0 aliphatic carbocycles. The van der Waals surface area contributed by atoms with Crippen molar-refractivity contribution in [1.82, 2.24) is 9.88 Å². The topological polar surface area (TPSA) is 25.4 Å². The highest BCUT2D eigenvalue weighted by Crippen LogP contribution is 2.24. The first-order valence-corrected chi connectivity index (χ1v) is 5.99. The molecule has 0 spiro atoms. The summed E-state index contributed by atoms with van der Waals surface area (Å²) in [5.41, 5.74) is 2.31.